The van der Waals surface area contributed by atoms with Crippen LogP contribution < -0.4 is 21.7 Å². The number of carbonyl (C=O) groups excluding carboxylic acids is 3. The van der Waals surface area contributed by atoms with E-state index in [4.69, 9.17) is 5.73 Å². The van der Waals surface area contributed by atoms with Crippen LogP contribution in [0.2, 0.25) is 0 Å². The number of thiol groups is 1. The largest absolute Gasteiger partial charge is 0.481 e. The summed E-state index contributed by atoms with van der Waals surface area (Å²) in [6.45, 7) is 3.43. The van der Waals surface area contributed by atoms with E-state index in [2.05, 4.69) is 33.6 Å². The second kappa shape index (κ2) is 13.7. The molecule has 0 saturated heterocycles. The number of amides is 3. The smallest absolute Gasteiger partial charge is 0.326 e. The van der Waals surface area contributed by atoms with Crippen LogP contribution in [0.15, 0.2) is 30.5 Å². The molecule has 13 heteroatoms. The first-order valence-electron chi connectivity index (χ1n) is 11.8. The molecule has 1 heterocycles. The fraction of sp³-hybridized carbons (Fsp3) is 0.458. The summed E-state index contributed by atoms with van der Waals surface area (Å²) in [4.78, 5) is 64.2. The molecule has 0 spiro atoms. The molecule has 8 N–H and O–H groups in total. The first-order chi connectivity index (χ1) is 17.5. The average Bonchev–Trinajstić information content (AvgIpc) is 3.26. The second-order valence-corrected chi connectivity index (χ2v) is 9.15. The molecule has 0 aliphatic carbocycles. The number of carboxylic acids is 2. The molecule has 202 valence electrons. The summed E-state index contributed by atoms with van der Waals surface area (Å²) in [5.74, 6) is -5.66. The zero-order valence-electron chi connectivity index (χ0n) is 20.6. The maximum absolute atomic E-state index is 12.8. The van der Waals surface area contributed by atoms with E-state index < -0.39 is 60.2 Å². The van der Waals surface area contributed by atoms with E-state index in [0.717, 1.165) is 16.5 Å². The molecule has 3 amide bonds. The Morgan fingerprint density at radius 3 is 2.22 bits per heavy atom. The van der Waals surface area contributed by atoms with Crippen LogP contribution in [-0.2, 0) is 30.4 Å². The molecule has 0 radical (unpaired) electrons. The van der Waals surface area contributed by atoms with Crippen LogP contribution in [-0.4, -0.2) is 74.8 Å². The van der Waals surface area contributed by atoms with Crippen molar-refractivity contribution in [1.29, 1.82) is 0 Å². The number of para-hydroxylation sites is 1. The Bertz CT molecular complexity index is 1140. The number of aromatic amines is 1. The monoisotopic (exact) mass is 535 g/mol. The molecule has 0 saturated carbocycles. The topological polar surface area (TPSA) is 204 Å². The molecule has 2 rings (SSSR count). The van der Waals surface area contributed by atoms with Gasteiger partial charge in [-0.2, -0.15) is 12.6 Å². The Morgan fingerprint density at radius 1 is 1.00 bits per heavy atom. The van der Waals surface area contributed by atoms with Crippen LogP contribution in [0.3, 0.4) is 0 Å². The zero-order chi connectivity index (χ0) is 27.7. The van der Waals surface area contributed by atoms with Crippen LogP contribution in [0, 0.1) is 5.92 Å². The SMILES string of the molecule is CCC(C)C(NC(=O)C(CS)NC(=O)C(CC(=O)O)NC(=O)C(N)Cc1c[nH]c2ccccc12)C(=O)O. The molecule has 1 aromatic heterocycles. The molecule has 37 heavy (non-hydrogen) atoms. The molecule has 0 aliphatic heterocycles. The fourth-order valence-corrected chi connectivity index (χ4v) is 3.95. The van der Waals surface area contributed by atoms with Gasteiger partial charge >= 0.3 is 11.9 Å². The van der Waals surface area contributed by atoms with Gasteiger partial charge in [0, 0.05) is 22.9 Å². The first kappa shape index (κ1) is 29.6. The van der Waals surface area contributed by atoms with Gasteiger partial charge in [-0.15, -0.1) is 0 Å². The van der Waals surface area contributed by atoms with Crippen LogP contribution in [0.5, 0.6) is 0 Å². The molecule has 0 aliphatic rings. The minimum atomic E-state index is -1.53. The molecular formula is C24H33N5O7S. The van der Waals surface area contributed by atoms with E-state index in [1.165, 1.54) is 0 Å². The lowest BCUT2D eigenvalue weighted by atomic mass is 9.99. The maximum Gasteiger partial charge on any atom is 0.326 e. The number of aliphatic carboxylic acids is 2. The van der Waals surface area contributed by atoms with Gasteiger partial charge in [0.25, 0.3) is 0 Å². The van der Waals surface area contributed by atoms with Gasteiger partial charge in [0.1, 0.15) is 18.1 Å². The summed E-state index contributed by atoms with van der Waals surface area (Å²) in [5, 5.41) is 26.6. The summed E-state index contributed by atoms with van der Waals surface area (Å²) < 4.78 is 0. The van der Waals surface area contributed by atoms with E-state index in [-0.39, 0.29) is 18.1 Å². The number of benzene rings is 1. The van der Waals surface area contributed by atoms with Crippen LogP contribution in [0.25, 0.3) is 10.9 Å². The van der Waals surface area contributed by atoms with Crippen molar-refractivity contribution >= 4 is 53.2 Å². The minimum Gasteiger partial charge on any atom is -0.481 e. The van der Waals surface area contributed by atoms with Gasteiger partial charge in [-0.1, -0.05) is 38.5 Å². The lowest BCUT2D eigenvalue weighted by Crippen LogP contribution is -2.58. The van der Waals surface area contributed by atoms with E-state index in [1.807, 2.05) is 24.3 Å². The maximum atomic E-state index is 12.8. The summed E-state index contributed by atoms with van der Waals surface area (Å²) >= 11 is 4.05. The molecule has 12 nitrogen and oxygen atoms in total. The van der Waals surface area contributed by atoms with Crippen molar-refractivity contribution in [3.05, 3.63) is 36.0 Å². The Balaban J connectivity index is 2.08. The standard InChI is InChI=1S/C24H33N5O7S/c1-3-12(2)20(24(35)36)29-23(34)18(11-37)28-22(33)17(9-19(30)31)27-21(32)15(25)8-13-10-26-16-7-5-4-6-14(13)16/h4-7,10,12,15,17-18,20,26,37H,3,8-9,11,25H2,1-2H3,(H,27,32)(H,28,33)(H,29,34)(H,30,31)(H,35,36). The third-order valence-electron chi connectivity index (χ3n) is 6.06. The van der Waals surface area contributed by atoms with Crippen molar-refractivity contribution in [3.63, 3.8) is 0 Å². The molecule has 1 aromatic carbocycles. The Morgan fingerprint density at radius 2 is 1.62 bits per heavy atom. The summed E-state index contributed by atoms with van der Waals surface area (Å²) in [5.41, 5.74) is 7.68. The number of carbonyl (C=O) groups is 5. The number of nitrogens with two attached hydrogens (primary N) is 1. The normalized spacial score (nSPS) is 15.1. The van der Waals surface area contributed by atoms with Crippen molar-refractivity contribution in [3.8, 4) is 0 Å². The Labute approximate surface area is 219 Å². The predicted octanol–water partition coefficient (Wildman–Crippen LogP) is 0.0273. The van der Waals surface area contributed by atoms with Crippen molar-refractivity contribution in [1.82, 2.24) is 20.9 Å². The van der Waals surface area contributed by atoms with Crippen LogP contribution in [0.1, 0.15) is 32.3 Å². The molecule has 2 aromatic rings. The molecule has 5 unspecified atom stereocenters. The number of fused-ring (bicyclic) bond motifs is 1. The van der Waals surface area contributed by atoms with Crippen molar-refractivity contribution in [2.24, 2.45) is 11.7 Å². The van der Waals surface area contributed by atoms with Crippen molar-refractivity contribution in [2.45, 2.75) is 57.3 Å². The summed E-state index contributed by atoms with van der Waals surface area (Å²) in [6.07, 6.45) is 1.58. The Kier molecular flexibility index (Phi) is 10.9. The highest BCUT2D eigenvalue weighted by atomic mass is 32.1. The van der Waals surface area contributed by atoms with E-state index in [9.17, 15) is 34.2 Å². The van der Waals surface area contributed by atoms with Gasteiger partial charge in [-0.3, -0.25) is 19.2 Å². The van der Waals surface area contributed by atoms with Crippen molar-refractivity contribution in [2.75, 3.05) is 5.75 Å². The van der Waals surface area contributed by atoms with Gasteiger partial charge < -0.3 is 36.9 Å². The highest BCUT2D eigenvalue weighted by Crippen LogP contribution is 2.18. The summed E-state index contributed by atoms with van der Waals surface area (Å²) in [6, 6.07) is 2.36. The molecule has 5 atom stereocenters. The van der Waals surface area contributed by atoms with Gasteiger partial charge in [-0.25, -0.2) is 4.79 Å². The van der Waals surface area contributed by atoms with Gasteiger partial charge in [0.2, 0.25) is 17.7 Å². The van der Waals surface area contributed by atoms with Crippen LogP contribution >= 0.6 is 12.6 Å². The van der Waals surface area contributed by atoms with E-state index in [1.54, 1.807) is 20.0 Å². The predicted molar refractivity (Wildman–Crippen MR) is 139 cm³/mol. The van der Waals surface area contributed by atoms with Gasteiger partial charge in [0.15, 0.2) is 0 Å². The number of aromatic nitrogens is 1. The van der Waals surface area contributed by atoms with Crippen LogP contribution in [0.4, 0.5) is 0 Å². The fourth-order valence-electron chi connectivity index (χ4n) is 3.70. The number of nitrogens with one attached hydrogen (secondary N) is 4. The zero-order valence-corrected chi connectivity index (χ0v) is 21.5. The molecule has 0 fully saturated rings. The molecular weight excluding hydrogens is 502 g/mol. The third kappa shape index (κ3) is 8.22. The number of carboxylic acid groups (broad SMARTS) is 2. The lowest BCUT2D eigenvalue weighted by molar-refractivity contribution is -0.144. The van der Waals surface area contributed by atoms with E-state index in [0.29, 0.717) is 6.42 Å². The number of rotatable bonds is 14. The van der Waals surface area contributed by atoms with Crippen molar-refractivity contribution < 1.29 is 34.2 Å². The molecule has 0 bridgehead atoms. The lowest BCUT2D eigenvalue weighted by Gasteiger charge is -2.25. The minimum absolute atomic E-state index is 0.130. The number of H-pyrrole nitrogens is 1. The highest BCUT2D eigenvalue weighted by molar-refractivity contribution is 7.80. The number of hydrogen-bond acceptors (Lipinski definition) is 7. The highest BCUT2D eigenvalue weighted by Gasteiger charge is 2.32. The first-order valence-corrected chi connectivity index (χ1v) is 12.4. The number of hydrogen-bond donors (Lipinski definition) is 8. The average molecular weight is 536 g/mol. The van der Waals surface area contributed by atoms with Gasteiger partial charge in [0.05, 0.1) is 12.5 Å². The summed E-state index contributed by atoms with van der Waals surface area (Å²) in [7, 11) is 0. The second-order valence-electron chi connectivity index (χ2n) is 8.78. The quantitative estimate of drug-likeness (QED) is 0.155. The van der Waals surface area contributed by atoms with Gasteiger partial charge in [-0.05, 0) is 24.0 Å². The third-order valence-corrected chi connectivity index (χ3v) is 6.42. The Hall–Kier alpha value is -3.58. The van der Waals surface area contributed by atoms with E-state index >= 15 is 0 Å².